The first-order chi connectivity index (χ1) is 10.9. The fraction of sp³-hybridized carbons (Fsp3) is 0.500. The van der Waals surface area contributed by atoms with Crippen LogP contribution in [0.2, 0.25) is 0 Å². The molecule has 1 N–H and O–H groups in total. The first-order valence-corrected chi connectivity index (χ1v) is 9.12. The molecule has 1 atom stereocenters. The molecule has 0 aliphatic rings. The molecule has 8 heteroatoms. The zero-order chi connectivity index (χ0) is 17.0. The summed E-state index contributed by atoms with van der Waals surface area (Å²) < 4.78 is 6.41. The second-order valence-corrected chi connectivity index (χ2v) is 8.18. The van der Waals surface area contributed by atoms with Crippen LogP contribution in [0.4, 0.5) is 0 Å². The van der Waals surface area contributed by atoms with Crippen LogP contribution in [-0.4, -0.2) is 36.7 Å². The summed E-state index contributed by atoms with van der Waals surface area (Å²) in [7, 11) is 3.85. The lowest BCUT2D eigenvalue weighted by Crippen LogP contribution is -2.40. The van der Waals surface area contributed by atoms with Gasteiger partial charge < -0.3 is 14.7 Å². The molecule has 2 aromatic rings. The molecule has 0 aromatic carbocycles. The zero-order valence-electron chi connectivity index (χ0n) is 14.6. The summed E-state index contributed by atoms with van der Waals surface area (Å²) in [5, 5.41) is 7.47. The number of aliphatic imine (C=N–C) groups is 1. The van der Waals surface area contributed by atoms with Crippen LogP contribution in [0, 0.1) is 13.8 Å². The molecule has 1 unspecified atom stereocenters. The highest BCUT2D eigenvalue weighted by Crippen LogP contribution is 2.24. The van der Waals surface area contributed by atoms with Crippen molar-refractivity contribution in [3.8, 4) is 0 Å². The molecule has 0 radical (unpaired) electrons. The Hall–Kier alpha value is -0.610. The van der Waals surface area contributed by atoms with Gasteiger partial charge in [-0.05, 0) is 41.9 Å². The van der Waals surface area contributed by atoms with Crippen molar-refractivity contribution in [1.82, 2.24) is 15.4 Å². The van der Waals surface area contributed by atoms with Gasteiger partial charge in [0.2, 0.25) is 0 Å². The number of nitrogens with one attached hydrogen (secondary N) is 1. The van der Waals surface area contributed by atoms with Crippen molar-refractivity contribution in [2.45, 2.75) is 33.2 Å². The van der Waals surface area contributed by atoms with Crippen molar-refractivity contribution < 1.29 is 4.52 Å². The van der Waals surface area contributed by atoms with E-state index in [9.17, 15) is 0 Å². The first kappa shape index (κ1) is 21.4. The minimum Gasteiger partial charge on any atom is -0.361 e. The number of rotatable bonds is 5. The third kappa shape index (κ3) is 5.45. The quantitative estimate of drug-likeness (QED) is 0.353. The topological polar surface area (TPSA) is 53.7 Å². The number of guanidine groups is 1. The molecule has 0 aliphatic carbocycles. The number of hydrogen-bond acceptors (Lipinski definition) is 4. The second-order valence-electron chi connectivity index (χ2n) is 5.63. The van der Waals surface area contributed by atoms with Crippen LogP contribution in [0.5, 0.6) is 0 Å². The fourth-order valence-corrected chi connectivity index (χ4v) is 4.21. The predicted molar refractivity (Wildman–Crippen MR) is 115 cm³/mol. The van der Waals surface area contributed by atoms with Gasteiger partial charge in [0.1, 0.15) is 5.76 Å². The lowest BCUT2D eigenvalue weighted by atomic mass is 10.00. The van der Waals surface area contributed by atoms with Gasteiger partial charge in [0.25, 0.3) is 0 Å². The van der Waals surface area contributed by atoms with E-state index in [4.69, 9.17) is 4.52 Å². The molecule has 24 heavy (non-hydrogen) atoms. The minimum absolute atomic E-state index is 0. The van der Waals surface area contributed by atoms with E-state index in [0.29, 0.717) is 5.92 Å². The molecule has 2 aromatic heterocycles. The van der Waals surface area contributed by atoms with E-state index in [2.05, 4.69) is 55.4 Å². The molecule has 5 nitrogen and oxygen atoms in total. The summed E-state index contributed by atoms with van der Waals surface area (Å²) in [6, 6.07) is 4.20. The predicted octanol–water partition coefficient (Wildman–Crippen LogP) is 4.54. The third-order valence-electron chi connectivity index (χ3n) is 3.74. The Morgan fingerprint density at radius 2 is 2.17 bits per heavy atom. The van der Waals surface area contributed by atoms with Crippen LogP contribution < -0.4 is 5.32 Å². The number of aryl methyl sites for hydroxylation is 2. The standard InChI is InChI=1S/C16H23BrN4OS.HI/c1-10(15-11(2)20-22-12(15)3)8-19-16(18-4)21(5)9-13-6-7-14(17)23-13;/h6-7,10H,8-9H2,1-5H3,(H,18,19);1H. The molecule has 0 spiro atoms. The number of aromatic nitrogens is 1. The van der Waals surface area contributed by atoms with E-state index in [-0.39, 0.29) is 24.0 Å². The van der Waals surface area contributed by atoms with Gasteiger partial charge in [-0.1, -0.05) is 12.1 Å². The third-order valence-corrected chi connectivity index (χ3v) is 5.35. The Kier molecular flexibility index (Phi) is 8.72. The molecule has 2 rings (SSSR count). The van der Waals surface area contributed by atoms with Gasteiger partial charge in [0, 0.05) is 37.0 Å². The summed E-state index contributed by atoms with van der Waals surface area (Å²) in [4.78, 5) is 7.79. The smallest absolute Gasteiger partial charge is 0.193 e. The van der Waals surface area contributed by atoms with E-state index >= 15 is 0 Å². The zero-order valence-corrected chi connectivity index (χ0v) is 19.3. The van der Waals surface area contributed by atoms with Gasteiger partial charge in [-0.15, -0.1) is 35.3 Å². The van der Waals surface area contributed by atoms with E-state index in [1.54, 1.807) is 11.3 Å². The van der Waals surface area contributed by atoms with Gasteiger partial charge in [-0.3, -0.25) is 4.99 Å². The van der Waals surface area contributed by atoms with Crippen LogP contribution in [0.15, 0.2) is 25.4 Å². The highest BCUT2D eigenvalue weighted by molar-refractivity contribution is 14.0. The maximum atomic E-state index is 5.26. The number of nitrogens with zero attached hydrogens (tertiary/aromatic N) is 3. The van der Waals surface area contributed by atoms with Gasteiger partial charge >= 0.3 is 0 Å². The summed E-state index contributed by atoms with van der Waals surface area (Å²) in [6.07, 6.45) is 0. The Labute approximate surface area is 173 Å². The van der Waals surface area contributed by atoms with Gasteiger partial charge in [-0.2, -0.15) is 0 Å². The molecule has 0 bridgehead atoms. The highest BCUT2D eigenvalue weighted by atomic mass is 127. The van der Waals surface area contributed by atoms with E-state index in [0.717, 1.165) is 34.3 Å². The largest absolute Gasteiger partial charge is 0.361 e. The van der Waals surface area contributed by atoms with Gasteiger partial charge in [0.05, 0.1) is 16.0 Å². The monoisotopic (exact) mass is 526 g/mol. The van der Waals surface area contributed by atoms with E-state index < -0.39 is 0 Å². The fourth-order valence-electron chi connectivity index (χ4n) is 2.67. The normalized spacial score (nSPS) is 12.7. The van der Waals surface area contributed by atoms with Gasteiger partial charge in [0.15, 0.2) is 5.96 Å². The Morgan fingerprint density at radius 1 is 1.46 bits per heavy atom. The number of halogens is 2. The maximum absolute atomic E-state index is 5.26. The summed E-state index contributed by atoms with van der Waals surface area (Å²) in [5.41, 5.74) is 2.14. The van der Waals surface area contributed by atoms with Crippen molar-refractivity contribution in [3.05, 3.63) is 37.8 Å². The first-order valence-electron chi connectivity index (χ1n) is 7.51. The van der Waals surface area contributed by atoms with E-state index in [1.807, 2.05) is 27.9 Å². The van der Waals surface area contributed by atoms with Crippen LogP contribution in [0.1, 0.15) is 34.7 Å². The van der Waals surface area contributed by atoms with Crippen molar-refractivity contribution in [3.63, 3.8) is 0 Å². The molecular formula is C16H24BrIN4OS. The molecule has 0 saturated carbocycles. The maximum Gasteiger partial charge on any atom is 0.193 e. The van der Waals surface area contributed by atoms with Gasteiger partial charge in [-0.25, -0.2) is 0 Å². The minimum atomic E-state index is 0. The lowest BCUT2D eigenvalue weighted by molar-refractivity contribution is 0.391. The molecule has 0 amide bonds. The molecule has 0 fully saturated rings. The van der Waals surface area contributed by atoms with Crippen LogP contribution in [-0.2, 0) is 6.54 Å². The summed E-state index contributed by atoms with van der Waals surface area (Å²) >= 11 is 5.24. The SMILES string of the molecule is CN=C(NCC(C)c1c(C)noc1C)N(C)Cc1ccc(Br)s1.I. The van der Waals surface area contributed by atoms with Crippen LogP contribution in [0.3, 0.4) is 0 Å². The second kappa shape index (κ2) is 9.76. The Balaban J connectivity index is 0.00000288. The van der Waals surface area contributed by atoms with Crippen molar-refractivity contribution in [2.75, 3.05) is 20.6 Å². The summed E-state index contributed by atoms with van der Waals surface area (Å²) in [6.45, 7) is 7.73. The average molecular weight is 527 g/mol. The van der Waals surface area contributed by atoms with Crippen LogP contribution in [0.25, 0.3) is 0 Å². The molecular weight excluding hydrogens is 503 g/mol. The molecule has 2 heterocycles. The molecule has 134 valence electrons. The summed E-state index contributed by atoms with van der Waals surface area (Å²) in [5.74, 6) is 2.08. The van der Waals surface area contributed by atoms with Crippen molar-refractivity contribution in [1.29, 1.82) is 0 Å². The average Bonchev–Trinajstić information content (AvgIpc) is 3.05. The van der Waals surface area contributed by atoms with Crippen molar-refractivity contribution in [2.24, 2.45) is 4.99 Å². The molecule has 0 saturated heterocycles. The van der Waals surface area contributed by atoms with Crippen molar-refractivity contribution >= 4 is 57.2 Å². The number of hydrogen-bond donors (Lipinski definition) is 1. The highest BCUT2D eigenvalue weighted by Gasteiger charge is 2.17. The van der Waals surface area contributed by atoms with E-state index in [1.165, 1.54) is 10.4 Å². The number of thiophene rings is 1. The Morgan fingerprint density at radius 3 is 2.67 bits per heavy atom. The Bertz CT molecular complexity index is 666. The van der Waals surface area contributed by atoms with Crippen LogP contribution >= 0.6 is 51.2 Å². The molecule has 0 aliphatic heterocycles. The lowest BCUT2D eigenvalue weighted by Gasteiger charge is -2.23.